The van der Waals surface area contributed by atoms with Gasteiger partial charge in [-0.25, -0.2) is 0 Å². The molecule has 2 heterocycles. The van der Waals surface area contributed by atoms with Crippen LogP contribution in [0.4, 0.5) is 11.4 Å². The third-order valence-electron chi connectivity index (χ3n) is 5.05. The first-order valence-corrected chi connectivity index (χ1v) is 10.3. The van der Waals surface area contributed by atoms with Crippen LogP contribution in [-0.4, -0.2) is 32.4 Å². The number of rotatable bonds is 5. The van der Waals surface area contributed by atoms with Gasteiger partial charge in [0.2, 0.25) is 0 Å². The number of allylic oxidation sites excluding steroid dienone is 5. The van der Waals surface area contributed by atoms with Crippen molar-refractivity contribution in [3.8, 4) is 0 Å². The van der Waals surface area contributed by atoms with Crippen LogP contribution in [-0.2, 0) is 19.1 Å². The Bertz CT molecular complexity index is 1220. The largest absolute Gasteiger partial charge is 0.462 e. The molecular formula is C26H23N3O4. The van der Waals surface area contributed by atoms with Crippen molar-refractivity contribution in [2.24, 2.45) is 5.10 Å². The van der Waals surface area contributed by atoms with E-state index < -0.39 is 5.91 Å². The van der Waals surface area contributed by atoms with Gasteiger partial charge in [-0.2, -0.15) is 5.01 Å². The number of hydrogen-bond donors (Lipinski definition) is 0. The van der Waals surface area contributed by atoms with Gasteiger partial charge in [-0.1, -0.05) is 36.4 Å². The normalized spacial score (nSPS) is 18.0. The SMILES string of the molecule is CC1=C/C(=C2/C(=O)N(c3ccccc3)N=C2OC=O)C=C(/C=C/c2ccc(N(C)C)cc2)O1. The first-order valence-electron chi connectivity index (χ1n) is 10.3. The molecule has 0 bridgehead atoms. The molecule has 0 saturated carbocycles. The number of carbonyl (C=O) groups is 2. The summed E-state index contributed by atoms with van der Waals surface area (Å²) in [6, 6.07) is 17.0. The van der Waals surface area contributed by atoms with Crippen LogP contribution >= 0.6 is 0 Å². The molecule has 2 aliphatic rings. The summed E-state index contributed by atoms with van der Waals surface area (Å²) >= 11 is 0. The molecule has 7 heteroatoms. The van der Waals surface area contributed by atoms with Crippen LogP contribution in [0.1, 0.15) is 12.5 Å². The Hall–Kier alpha value is -4.39. The first-order chi connectivity index (χ1) is 16.0. The van der Waals surface area contributed by atoms with Gasteiger partial charge in [-0.15, -0.1) is 5.10 Å². The lowest BCUT2D eigenvalue weighted by Gasteiger charge is -2.15. The van der Waals surface area contributed by atoms with E-state index in [0.29, 0.717) is 22.8 Å². The van der Waals surface area contributed by atoms with E-state index in [1.165, 1.54) is 5.01 Å². The van der Waals surface area contributed by atoms with Gasteiger partial charge in [0.1, 0.15) is 17.1 Å². The van der Waals surface area contributed by atoms with E-state index >= 15 is 0 Å². The number of amides is 1. The number of hydrogen-bond acceptors (Lipinski definition) is 6. The molecule has 2 aromatic carbocycles. The molecule has 0 atom stereocenters. The Labute approximate surface area is 192 Å². The monoisotopic (exact) mass is 441 g/mol. The fourth-order valence-corrected chi connectivity index (χ4v) is 3.45. The zero-order valence-corrected chi connectivity index (χ0v) is 18.6. The molecular weight excluding hydrogens is 418 g/mol. The van der Waals surface area contributed by atoms with Crippen LogP contribution in [0.25, 0.3) is 6.08 Å². The van der Waals surface area contributed by atoms with Gasteiger partial charge >= 0.3 is 0 Å². The highest BCUT2D eigenvalue weighted by Gasteiger charge is 2.35. The van der Waals surface area contributed by atoms with Crippen LogP contribution in [0.5, 0.6) is 0 Å². The molecule has 0 N–H and O–H groups in total. The molecule has 166 valence electrons. The van der Waals surface area contributed by atoms with Gasteiger partial charge in [0.15, 0.2) is 0 Å². The topological polar surface area (TPSA) is 71.4 Å². The van der Waals surface area contributed by atoms with E-state index in [0.717, 1.165) is 11.3 Å². The number of carbonyl (C=O) groups excluding carboxylic acids is 2. The molecule has 0 aromatic heterocycles. The Morgan fingerprint density at radius 2 is 1.73 bits per heavy atom. The van der Waals surface area contributed by atoms with Gasteiger partial charge in [-0.05, 0) is 60.6 Å². The lowest BCUT2D eigenvalue weighted by Crippen LogP contribution is -2.22. The molecule has 0 radical (unpaired) electrons. The highest BCUT2D eigenvalue weighted by atomic mass is 16.5. The van der Waals surface area contributed by atoms with Crippen LogP contribution in [0.2, 0.25) is 0 Å². The first kappa shape index (κ1) is 21.8. The van der Waals surface area contributed by atoms with Crippen LogP contribution < -0.4 is 9.91 Å². The quantitative estimate of drug-likeness (QED) is 0.508. The minimum atomic E-state index is -0.391. The third-order valence-corrected chi connectivity index (χ3v) is 5.05. The summed E-state index contributed by atoms with van der Waals surface area (Å²) in [6.45, 7) is 2.05. The molecule has 7 nitrogen and oxygen atoms in total. The highest BCUT2D eigenvalue weighted by molar-refractivity contribution is 6.29. The van der Waals surface area contributed by atoms with Gasteiger partial charge in [0, 0.05) is 19.8 Å². The van der Waals surface area contributed by atoms with Gasteiger partial charge < -0.3 is 14.4 Å². The summed E-state index contributed by atoms with van der Waals surface area (Å²) in [7, 11) is 3.98. The minimum absolute atomic E-state index is 0.0568. The standard InChI is InChI=1S/C26H23N3O4/c1-18-15-20(16-23(33-18)14-11-19-9-12-21(13-10-19)28(2)3)24-25(32-17-30)27-29(26(24)31)22-7-5-4-6-8-22/h4-17H,1-3H3/b14-11+,24-20-. The van der Waals surface area contributed by atoms with E-state index in [9.17, 15) is 9.59 Å². The fraction of sp³-hybridized carbons (Fsp3) is 0.115. The highest BCUT2D eigenvalue weighted by Crippen LogP contribution is 2.30. The molecule has 0 aliphatic carbocycles. The van der Waals surface area contributed by atoms with Crippen molar-refractivity contribution < 1.29 is 19.1 Å². The van der Waals surface area contributed by atoms with E-state index in [1.54, 1.807) is 43.3 Å². The molecule has 0 spiro atoms. The van der Waals surface area contributed by atoms with Crippen molar-refractivity contribution in [2.45, 2.75) is 6.92 Å². The van der Waals surface area contributed by atoms with Crippen molar-refractivity contribution in [1.82, 2.24) is 0 Å². The van der Waals surface area contributed by atoms with Crippen LogP contribution in [0.15, 0.2) is 101 Å². The lowest BCUT2D eigenvalue weighted by molar-refractivity contribution is -0.121. The zero-order valence-electron chi connectivity index (χ0n) is 18.6. The molecule has 0 unspecified atom stereocenters. The third kappa shape index (κ3) is 4.77. The summed E-state index contributed by atoms with van der Waals surface area (Å²) in [5, 5.41) is 5.44. The number of nitrogens with zero attached hydrogens (tertiary/aromatic N) is 3. The van der Waals surface area contributed by atoms with E-state index in [-0.39, 0.29) is 17.9 Å². The molecule has 0 fully saturated rings. The van der Waals surface area contributed by atoms with Crippen molar-refractivity contribution in [3.63, 3.8) is 0 Å². The maximum atomic E-state index is 13.2. The zero-order chi connectivity index (χ0) is 23.4. The molecule has 4 rings (SSSR count). The van der Waals surface area contributed by atoms with Crippen molar-refractivity contribution >= 4 is 35.7 Å². The molecule has 2 aromatic rings. The Morgan fingerprint density at radius 3 is 2.39 bits per heavy atom. The second-order valence-electron chi connectivity index (χ2n) is 7.63. The maximum absolute atomic E-state index is 13.2. The average Bonchev–Trinajstić information content (AvgIpc) is 3.14. The summed E-state index contributed by atoms with van der Waals surface area (Å²) in [5.41, 5.74) is 3.42. The molecule has 1 amide bonds. The number of benzene rings is 2. The van der Waals surface area contributed by atoms with Crippen molar-refractivity contribution in [1.29, 1.82) is 0 Å². The van der Waals surface area contributed by atoms with Crippen LogP contribution in [0.3, 0.4) is 0 Å². The Kier molecular flexibility index (Phi) is 6.22. The minimum Gasteiger partial charge on any atom is -0.462 e. The Morgan fingerprint density at radius 1 is 1.00 bits per heavy atom. The van der Waals surface area contributed by atoms with Crippen molar-refractivity contribution in [2.75, 3.05) is 24.0 Å². The Balaban J connectivity index is 1.67. The molecule has 2 aliphatic heterocycles. The lowest BCUT2D eigenvalue weighted by atomic mass is 10.0. The number of ether oxygens (including phenoxy) is 2. The summed E-state index contributed by atoms with van der Waals surface area (Å²) in [5.74, 6) is 0.695. The summed E-state index contributed by atoms with van der Waals surface area (Å²) < 4.78 is 10.9. The molecule has 0 saturated heterocycles. The van der Waals surface area contributed by atoms with E-state index in [4.69, 9.17) is 9.47 Å². The predicted octanol–water partition coefficient (Wildman–Crippen LogP) is 4.41. The second kappa shape index (κ2) is 9.40. The second-order valence-corrected chi connectivity index (χ2v) is 7.63. The molecule has 33 heavy (non-hydrogen) atoms. The van der Waals surface area contributed by atoms with E-state index in [1.807, 2.05) is 61.5 Å². The average molecular weight is 441 g/mol. The van der Waals surface area contributed by atoms with Gasteiger partial charge in [0.05, 0.1) is 5.69 Å². The maximum Gasteiger partial charge on any atom is 0.299 e. The van der Waals surface area contributed by atoms with Gasteiger partial charge in [-0.3, -0.25) is 9.59 Å². The number of para-hydroxylation sites is 1. The van der Waals surface area contributed by atoms with Gasteiger partial charge in [0.25, 0.3) is 18.3 Å². The smallest absolute Gasteiger partial charge is 0.299 e. The fourth-order valence-electron chi connectivity index (χ4n) is 3.45. The van der Waals surface area contributed by atoms with E-state index in [2.05, 4.69) is 5.10 Å². The summed E-state index contributed by atoms with van der Waals surface area (Å²) in [4.78, 5) is 26.3. The predicted molar refractivity (Wildman–Crippen MR) is 128 cm³/mol. The number of anilines is 2. The number of hydrazone groups is 1. The summed E-state index contributed by atoms with van der Waals surface area (Å²) in [6.07, 6.45) is 7.20. The van der Waals surface area contributed by atoms with Crippen LogP contribution in [0, 0.1) is 0 Å². The van der Waals surface area contributed by atoms with Crippen molar-refractivity contribution in [3.05, 3.63) is 101 Å².